The van der Waals surface area contributed by atoms with Crippen LogP contribution in [0.25, 0.3) is 0 Å². The standard InChI is InChI=1S/C23H31N5O3S/c1-17-18(2)27(19-8-4-3-5-9-19)23(24-17)32-16-22(29)26-14-12-25(13-15-26)20-10-6-7-11-21(20)28(30)31/h6-7,10-11,19H,3-5,8-9,12-16H2,1-2H3. The van der Waals surface area contributed by atoms with Crippen molar-refractivity contribution in [3.63, 3.8) is 0 Å². The monoisotopic (exact) mass is 457 g/mol. The van der Waals surface area contributed by atoms with Gasteiger partial charge < -0.3 is 14.4 Å². The Balaban J connectivity index is 1.36. The quantitative estimate of drug-likeness (QED) is 0.364. The van der Waals surface area contributed by atoms with Crippen molar-refractivity contribution in [2.24, 2.45) is 0 Å². The van der Waals surface area contributed by atoms with Gasteiger partial charge in [-0.3, -0.25) is 14.9 Å². The lowest BCUT2D eigenvalue weighted by atomic mass is 9.95. The van der Waals surface area contributed by atoms with Crippen molar-refractivity contribution in [2.45, 2.75) is 57.1 Å². The summed E-state index contributed by atoms with van der Waals surface area (Å²) in [6.45, 7) is 6.50. The molecule has 1 saturated carbocycles. The highest BCUT2D eigenvalue weighted by Gasteiger charge is 2.27. The van der Waals surface area contributed by atoms with Gasteiger partial charge in [-0.1, -0.05) is 43.2 Å². The molecule has 0 bridgehead atoms. The Morgan fingerprint density at radius 3 is 2.50 bits per heavy atom. The number of benzene rings is 1. The highest BCUT2D eigenvalue weighted by molar-refractivity contribution is 7.99. The molecular weight excluding hydrogens is 426 g/mol. The van der Waals surface area contributed by atoms with Crippen LogP contribution in [-0.4, -0.2) is 57.2 Å². The predicted octanol–water partition coefficient (Wildman–Crippen LogP) is 4.35. The summed E-state index contributed by atoms with van der Waals surface area (Å²) in [5.41, 5.74) is 3.00. The maximum Gasteiger partial charge on any atom is 0.292 e. The number of carbonyl (C=O) groups is 1. The molecular formula is C23H31N5O3S. The van der Waals surface area contributed by atoms with Gasteiger partial charge in [0, 0.05) is 44.0 Å². The summed E-state index contributed by atoms with van der Waals surface area (Å²) in [5.74, 6) is 0.472. The number of thioether (sulfide) groups is 1. The van der Waals surface area contributed by atoms with Crippen molar-refractivity contribution in [2.75, 3.05) is 36.8 Å². The van der Waals surface area contributed by atoms with Gasteiger partial charge in [0.2, 0.25) is 5.91 Å². The molecule has 1 aromatic carbocycles. The van der Waals surface area contributed by atoms with Gasteiger partial charge in [-0.2, -0.15) is 0 Å². The summed E-state index contributed by atoms with van der Waals surface area (Å²) in [6, 6.07) is 7.30. The van der Waals surface area contributed by atoms with Crippen molar-refractivity contribution in [3.8, 4) is 0 Å². The van der Waals surface area contributed by atoms with E-state index in [-0.39, 0.29) is 16.5 Å². The minimum atomic E-state index is -0.345. The molecule has 2 fully saturated rings. The minimum absolute atomic E-state index is 0.103. The van der Waals surface area contributed by atoms with E-state index in [2.05, 4.69) is 11.5 Å². The second kappa shape index (κ2) is 9.94. The van der Waals surface area contributed by atoms with Crippen LogP contribution in [0.4, 0.5) is 11.4 Å². The molecule has 4 rings (SSSR count). The average molecular weight is 458 g/mol. The van der Waals surface area contributed by atoms with Crippen LogP contribution >= 0.6 is 11.8 Å². The maximum absolute atomic E-state index is 12.9. The predicted molar refractivity (Wildman–Crippen MR) is 126 cm³/mol. The summed E-state index contributed by atoms with van der Waals surface area (Å²) in [4.78, 5) is 32.5. The Morgan fingerprint density at radius 1 is 1.12 bits per heavy atom. The fourth-order valence-electron chi connectivity index (χ4n) is 4.77. The summed E-state index contributed by atoms with van der Waals surface area (Å²) < 4.78 is 2.36. The zero-order valence-corrected chi connectivity index (χ0v) is 19.6. The Labute approximate surface area is 193 Å². The number of piperazine rings is 1. The second-order valence-corrected chi connectivity index (χ2v) is 9.57. The highest BCUT2D eigenvalue weighted by Crippen LogP contribution is 2.34. The molecule has 1 aliphatic carbocycles. The molecule has 32 heavy (non-hydrogen) atoms. The minimum Gasteiger partial charge on any atom is -0.362 e. The third-order valence-corrected chi connectivity index (χ3v) is 7.61. The van der Waals surface area contributed by atoms with Crippen molar-refractivity contribution in [1.82, 2.24) is 14.5 Å². The first-order valence-electron chi connectivity index (χ1n) is 11.4. The van der Waals surface area contributed by atoms with Crippen molar-refractivity contribution >= 4 is 29.0 Å². The van der Waals surface area contributed by atoms with Gasteiger partial charge in [-0.05, 0) is 32.8 Å². The Bertz CT molecular complexity index is 978. The third kappa shape index (κ3) is 4.77. The maximum atomic E-state index is 12.9. The third-order valence-electron chi connectivity index (χ3n) is 6.67. The SMILES string of the molecule is Cc1nc(SCC(=O)N2CCN(c3ccccc3[N+](=O)[O-])CC2)n(C2CCCCC2)c1C. The van der Waals surface area contributed by atoms with Crippen molar-refractivity contribution < 1.29 is 9.72 Å². The number of amides is 1. The number of imidazole rings is 1. The van der Waals surface area contributed by atoms with E-state index < -0.39 is 0 Å². The van der Waals surface area contributed by atoms with Gasteiger partial charge in [0.05, 0.1) is 16.4 Å². The van der Waals surface area contributed by atoms with Gasteiger partial charge in [0.25, 0.3) is 5.69 Å². The number of aryl methyl sites for hydroxylation is 1. The Morgan fingerprint density at radius 2 is 1.81 bits per heavy atom. The van der Waals surface area contributed by atoms with E-state index in [0.717, 1.165) is 10.9 Å². The van der Waals surface area contributed by atoms with Gasteiger partial charge in [0.1, 0.15) is 5.69 Å². The molecule has 1 aromatic heterocycles. The molecule has 0 atom stereocenters. The normalized spacial score (nSPS) is 17.6. The molecule has 1 amide bonds. The first-order chi connectivity index (χ1) is 15.5. The summed E-state index contributed by atoms with van der Waals surface area (Å²) in [5, 5.41) is 12.3. The fraction of sp³-hybridized carbons (Fsp3) is 0.565. The molecule has 0 N–H and O–H groups in total. The summed E-state index contributed by atoms with van der Waals surface area (Å²) in [7, 11) is 0. The van der Waals surface area contributed by atoms with Crippen LogP contribution in [0.2, 0.25) is 0 Å². The molecule has 0 spiro atoms. The molecule has 1 saturated heterocycles. The van der Waals surface area contributed by atoms with Crippen LogP contribution < -0.4 is 4.90 Å². The van der Waals surface area contributed by atoms with Crippen LogP contribution in [-0.2, 0) is 4.79 Å². The van der Waals surface area contributed by atoms with E-state index >= 15 is 0 Å². The van der Waals surface area contributed by atoms with Crippen molar-refractivity contribution in [1.29, 1.82) is 0 Å². The number of nitrogens with zero attached hydrogens (tertiary/aromatic N) is 5. The lowest BCUT2D eigenvalue weighted by Crippen LogP contribution is -2.49. The van der Waals surface area contributed by atoms with Gasteiger partial charge in [-0.15, -0.1) is 0 Å². The zero-order chi connectivity index (χ0) is 22.7. The molecule has 8 nitrogen and oxygen atoms in total. The zero-order valence-electron chi connectivity index (χ0n) is 18.8. The molecule has 2 aromatic rings. The van der Waals surface area contributed by atoms with Crippen molar-refractivity contribution in [3.05, 3.63) is 45.8 Å². The Hall–Kier alpha value is -2.55. The number of hydrogen-bond acceptors (Lipinski definition) is 6. The summed E-state index contributed by atoms with van der Waals surface area (Å²) in [6.07, 6.45) is 6.20. The van der Waals surface area contributed by atoms with E-state index in [1.54, 1.807) is 12.1 Å². The van der Waals surface area contributed by atoms with E-state index in [0.29, 0.717) is 43.7 Å². The van der Waals surface area contributed by atoms with Gasteiger partial charge in [-0.25, -0.2) is 4.98 Å². The number of para-hydroxylation sites is 2. The van der Waals surface area contributed by atoms with Gasteiger partial charge in [0.15, 0.2) is 5.16 Å². The molecule has 0 radical (unpaired) electrons. The van der Waals surface area contributed by atoms with E-state index in [9.17, 15) is 14.9 Å². The smallest absolute Gasteiger partial charge is 0.292 e. The lowest BCUT2D eigenvalue weighted by Gasteiger charge is -2.35. The van der Waals surface area contributed by atoms with E-state index in [1.807, 2.05) is 22.8 Å². The Kier molecular flexibility index (Phi) is 7.03. The average Bonchev–Trinajstić information content (AvgIpc) is 3.11. The summed E-state index contributed by atoms with van der Waals surface area (Å²) >= 11 is 1.54. The molecule has 0 unspecified atom stereocenters. The number of carbonyl (C=O) groups excluding carboxylic acids is 1. The number of aromatic nitrogens is 2. The molecule has 172 valence electrons. The number of nitro benzene ring substituents is 1. The van der Waals surface area contributed by atoms with E-state index in [1.165, 1.54) is 55.6 Å². The van der Waals surface area contributed by atoms with Crippen LogP contribution in [0, 0.1) is 24.0 Å². The number of nitro groups is 1. The molecule has 9 heteroatoms. The first-order valence-corrected chi connectivity index (χ1v) is 12.4. The first kappa shape index (κ1) is 22.6. The fourth-order valence-corrected chi connectivity index (χ4v) is 5.83. The topological polar surface area (TPSA) is 84.5 Å². The molecule has 2 heterocycles. The van der Waals surface area contributed by atoms with Crippen LogP contribution in [0.3, 0.4) is 0 Å². The van der Waals surface area contributed by atoms with Crippen LogP contribution in [0.5, 0.6) is 0 Å². The number of anilines is 1. The largest absolute Gasteiger partial charge is 0.362 e. The lowest BCUT2D eigenvalue weighted by molar-refractivity contribution is -0.384. The van der Waals surface area contributed by atoms with Crippen LogP contribution in [0.1, 0.15) is 49.5 Å². The number of rotatable bonds is 6. The van der Waals surface area contributed by atoms with E-state index in [4.69, 9.17) is 4.98 Å². The van der Waals surface area contributed by atoms with Crippen LogP contribution in [0.15, 0.2) is 29.4 Å². The molecule has 2 aliphatic rings. The second-order valence-electron chi connectivity index (χ2n) is 8.63. The van der Waals surface area contributed by atoms with Gasteiger partial charge >= 0.3 is 0 Å². The number of hydrogen-bond donors (Lipinski definition) is 0. The molecule has 1 aliphatic heterocycles. The highest BCUT2D eigenvalue weighted by atomic mass is 32.2.